The lowest BCUT2D eigenvalue weighted by Gasteiger charge is -2.24. The number of halogens is 1. The molecule has 0 aliphatic carbocycles. The number of aromatic hydroxyl groups is 1. The van der Waals surface area contributed by atoms with Crippen LogP contribution >= 0.6 is 11.6 Å². The molecule has 0 saturated carbocycles. The summed E-state index contributed by atoms with van der Waals surface area (Å²) in [7, 11) is 0. The number of piperidine rings is 1. The summed E-state index contributed by atoms with van der Waals surface area (Å²) in [6.07, 6.45) is 4.10. The SMILES string of the molecule is Cc1c(-c2ccc(Cl)cc2O)nnc2c1ncn2[C@@H]1CCCNC1. The third kappa shape index (κ3) is 2.52. The minimum absolute atomic E-state index is 0.0927. The van der Waals surface area contributed by atoms with Crippen molar-refractivity contribution in [3.63, 3.8) is 0 Å². The quantitative estimate of drug-likeness (QED) is 0.747. The molecule has 1 aliphatic heterocycles. The Labute approximate surface area is 144 Å². The van der Waals surface area contributed by atoms with Gasteiger partial charge in [0, 0.05) is 28.7 Å². The lowest BCUT2D eigenvalue weighted by molar-refractivity contribution is 0.376. The van der Waals surface area contributed by atoms with Crippen molar-refractivity contribution in [3.8, 4) is 17.0 Å². The van der Waals surface area contributed by atoms with Gasteiger partial charge in [0.25, 0.3) is 0 Å². The van der Waals surface area contributed by atoms with E-state index in [1.54, 1.807) is 12.1 Å². The monoisotopic (exact) mass is 343 g/mol. The van der Waals surface area contributed by atoms with Crippen molar-refractivity contribution in [3.05, 3.63) is 35.1 Å². The molecule has 1 aromatic carbocycles. The number of phenolic OH excluding ortho intramolecular Hbond substituents is 1. The van der Waals surface area contributed by atoms with E-state index < -0.39 is 0 Å². The van der Waals surface area contributed by atoms with E-state index in [9.17, 15) is 5.11 Å². The molecule has 7 heteroatoms. The molecule has 0 spiro atoms. The molecule has 0 amide bonds. The third-order valence-electron chi connectivity index (χ3n) is 4.60. The van der Waals surface area contributed by atoms with Crippen LogP contribution in [0.25, 0.3) is 22.4 Å². The van der Waals surface area contributed by atoms with Gasteiger partial charge >= 0.3 is 0 Å². The molecular weight excluding hydrogens is 326 g/mol. The maximum Gasteiger partial charge on any atom is 0.183 e. The minimum atomic E-state index is 0.0927. The van der Waals surface area contributed by atoms with Gasteiger partial charge in [-0.15, -0.1) is 10.2 Å². The summed E-state index contributed by atoms with van der Waals surface area (Å²) in [5, 5.41) is 22.8. The Balaban J connectivity index is 1.81. The molecule has 1 saturated heterocycles. The molecule has 0 unspecified atom stereocenters. The van der Waals surface area contributed by atoms with Crippen molar-refractivity contribution < 1.29 is 5.11 Å². The van der Waals surface area contributed by atoms with E-state index in [4.69, 9.17) is 11.6 Å². The first-order valence-corrected chi connectivity index (χ1v) is 8.42. The number of imidazole rings is 1. The molecule has 3 heterocycles. The standard InChI is InChI=1S/C17H18ClN5O/c1-10-15(13-5-4-11(18)7-14(13)24)21-22-17-16(10)20-9-23(17)12-3-2-6-19-8-12/h4-5,7,9,12,19,24H,2-3,6,8H2,1H3/t12-/m1/s1. The highest BCUT2D eigenvalue weighted by Crippen LogP contribution is 2.34. The average molecular weight is 344 g/mol. The zero-order valence-electron chi connectivity index (χ0n) is 13.3. The fourth-order valence-corrected chi connectivity index (χ4v) is 3.47. The first-order valence-electron chi connectivity index (χ1n) is 8.04. The number of fused-ring (bicyclic) bond motifs is 1. The molecule has 0 radical (unpaired) electrons. The number of hydrogen-bond donors (Lipinski definition) is 2. The van der Waals surface area contributed by atoms with Crippen LogP contribution < -0.4 is 5.32 Å². The van der Waals surface area contributed by atoms with E-state index in [2.05, 4.69) is 25.1 Å². The summed E-state index contributed by atoms with van der Waals surface area (Å²) in [4.78, 5) is 4.55. The molecule has 2 aromatic heterocycles. The zero-order chi connectivity index (χ0) is 16.7. The second-order valence-electron chi connectivity index (χ2n) is 6.16. The lowest BCUT2D eigenvalue weighted by Crippen LogP contribution is -2.31. The predicted octanol–water partition coefficient (Wildman–Crippen LogP) is 3.09. The Bertz CT molecular complexity index is 901. The molecule has 24 heavy (non-hydrogen) atoms. The molecule has 1 aliphatic rings. The number of aromatic nitrogens is 4. The van der Waals surface area contributed by atoms with E-state index in [0.717, 1.165) is 42.7 Å². The number of aryl methyl sites for hydroxylation is 1. The number of hydrogen-bond acceptors (Lipinski definition) is 5. The van der Waals surface area contributed by atoms with Gasteiger partial charge in [-0.3, -0.25) is 0 Å². The number of nitrogens with one attached hydrogen (secondary N) is 1. The van der Waals surface area contributed by atoms with E-state index in [1.165, 1.54) is 6.07 Å². The van der Waals surface area contributed by atoms with Crippen molar-refractivity contribution in [1.29, 1.82) is 0 Å². The highest BCUT2D eigenvalue weighted by atomic mass is 35.5. The van der Waals surface area contributed by atoms with Crippen molar-refractivity contribution in [2.24, 2.45) is 0 Å². The second-order valence-corrected chi connectivity index (χ2v) is 6.60. The smallest absolute Gasteiger partial charge is 0.183 e. The molecule has 1 atom stereocenters. The largest absolute Gasteiger partial charge is 0.507 e. The Morgan fingerprint density at radius 2 is 2.21 bits per heavy atom. The molecular formula is C17H18ClN5O. The van der Waals surface area contributed by atoms with Crippen LogP contribution in [0.3, 0.4) is 0 Å². The lowest BCUT2D eigenvalue weighted by atomic mass is 10.1. The summed E-state index contributed by atoms with van der Waals surface area (Å²) < 4.78 is 2.10. The zero-order valence-corrected chi connectivity index (χ0v) is 14.1. The summed E-state index contributed by atoms with van der Waals surface area (Å²) in [5.74, 6) is 0.0927. The van der Waals surface area contributed by atoms with Crippen LogP contribution in [0.15, 0.2) is 24.5 Å². The molecule has 6 nitrogen and oxygen atoms in total. The van der Waals surface area contributed by atoms with Gasteiger partial charge in [-0.25, -0.2) is 4.98 Å². The summed E-state index contributed by atoms with van der Waals surface area (Å²) in [6.45, 7) is 3.94. The van der Waals surface area contributed by atoms with Gasteiger partial charge in [-0.05, 0) is 44.5 Å². The predicted molar refractivity (Wildman–Crippen MR) is 93.3 cm³/mol. The van der Waals surface area contributed by atoms with Gasteiger partial charge in [0.15, 0.2) is 5.65 Å². The average Bonchev–Trinajstić information content (AvgIpc) is 3.02. The molecule has 3 aromatic rings. The Hall–Kier alpha value is -2.18. The Morgan fingerprint density at radius 1 is 1.33 bits per heavy atom. The van der Waals surface area contributed by atoms with Gasteiger partial charge < -0.3 is 15.0 Å². The first kappa shape index (κ1) is 15.4. The van der Waals surface area contributed by atoms with Crippen LogP contribution in [0.1, 0.15) is 24.4 Å². The normalized spacial score (nSPS) is 18.2. The fraction of sp³-hybridized carbons (Fsp3) is 0.353. The van der Waals surface area contributed by atoms with Crippen LogP contribution in [0.2, 0.25) is 5.02 Å². The van der Waals surface area contributed by atoms with E-state index >= 15 is 0 Å². The molecule has 1 fully saturated rings. The van der Waals surface area contributed by atoms with E-state index in [-0.39, 0.29) is 5.75 Å². The van der Waals surface area contributed by atoms with Crippen LogP contribution in [0, 0.1) is 6.92 Å². The fourth-order valence-electron chi connectivity index (χ4n) is 3.30. The van der Waals surface area contributed by atoms with Gasteiger partial charge in [-0.1, -0.05) is 11.6 Å². The summed E-state index contributed by atoms with van der Waals surface area (Å²) in [5.41, 5.74) is 3.75. The number of phenols is 1. The maximum absolute atomic E-state index is 10.2. The number of benzene rings is 1. The molecule has 2 N–H and O–H groups in total. The minimum Gasteiger partial charge on any atom is -0.507 e. The van der Waals surface area contributed by atoms with Crippen LogP contribution in [-0.4, -0.2) is 37.9 Å². The highest BCUT2D eigenvalue weighted by Gasteiger charge is 2.21. The Morgan fingerprint density at radius 3 is 2.96 bits per heavy atom. The third-order valence-corrected chi connectivity index (χ3v) is 4.84. The first-order chi connectivity index (χ1) is 11.6. The molecule has 4 rings (SSSR count). The van der Waals surface area contributed by atoms with Crippen LogP contribution in [0.4, 0.5) is 0 Å². The van der Waals surface area contributed by atoms with Gasteiger partial charge in [0.2, 0.25) is 0 Å². The van der Waals surface area contributed by atoms with Crippen LogP contribution in [0.5, 0.6) is 5.75 Å². The number of rotatable bonds is 2. The van der Waals surface area contributed by atoms with Crippen LogP contribution in [-0.2, 0) is 0 Å². The highest BCUT2D eigenvalue weighted by molar-refractivity contribution is 6.30. The van der Waals surface area contributed by atoms with Crippen molar-refractivity contribution in [1.82, 2.24) is 25.1 Å². The van der Waals surface area contributed by atoms with Crippen molar-refractivity contribution in [2.45, 2.75) is 25.8 Å². The summed E-state index contributed by atoms with van der Waals surface area (Å²) >= 11 is 5.91. The Kier molecular flexibility index (Phi) is 3.86. The van der Waals surface area contributed by atoms with E-state index in [1.807, 2.05) is 13.3 Å². The van der Waals surface area contributed by atoms with Gasteiger partial charge in [0.05, 0.1) is 6.33 Å². The van der Waals surface area contributed by atoms with Gasteiger partial charge in [0.1, 0.15) is 17.0 Å². The van der Waals surface area contributed by atoms with Crippen molar-refractivity contribution in [2.75, 3.05) is 13.1 Å². The van der Waals surface area contributed by atoms with Gasteiger partial charge in [-0.2, -0.15) is 0 Å². The topological polar surface area (TPSA) is 75.9 Å². The number of nitrogens with zero attached hydrogens (tertiary/aromatic N) is 4. The second kappa shape index (κ2) is 6.03. The molecule has 124 valence electrons. The van der Waals surface area contributed by atoms with E-state index in [0.29, 0.717) is 22.3 Å². The maximum atomic E-state index is 10.2. The molecule has 0 bridgehead atoms. The van der Waals surface area contributed by atoms with Crippen molar-refractivity contribution >= 4 is 22.8 Å². The summed E-state index contributed by atoms with van der Waals surface area (Å²) in [6, 6.07) is 5.35.